The second-order valence-corrected chi connectivity index (χ2v) is 6.11. The molecule has 0 spiro atoms. The molecule has 2 aromatic rings. The van der Waals surface area contributed by atoms with Crippen LogP contribution in [0.15, 0.2) is 42.1 Å². The summed E-state index contributed by atoms with van der Waals surface area (Å²) >= 11 is 0. The lowest BCUT2D eigenvalue weighted by atomic mass is 9.97. The number of anilines is 3. The number of ether oxygens (including phenoxy) is 1. The summed E-state index contributed by atoms with van der Waals surface area (Å²) in [7, 11) is 1.36. The molecule has 2 N–H and O–H groups in total. The summed E-state index contributed by atoms with van der Waals surface area (Å²) in [5.74, 6) is 0.562. The lowest BCUT2D eigenvalue weighted by Crippen LogP contribution is -2.10. The molecular formula is C19H23N5O2. The number of methoxy groups -OCH3 is 1. The topological polar surface area (TPSA) is 89.0 Å². The number of aromatic nitrogens is 3. The minimum Gasteiger partial charge on any atom is -0.465 e. The lowest BCUT2D eigenvalue weighted by Gasteiger charge is -2.13. The number of esters is 1. The number of carbonyl (C=O) groups is 1. The van der Waals surface area contributed by atoms with E-state index in [1.807, 2.05) is 6.07 Å². The normalized spacial score (nSPS) is 13.7. The molecule has 0 bridgehead atoms. The molecule has 0 radical (unpaired) electrons. The maximum Gasteiger partial charge on any atom is 0.339 e. The van der Waals surface area contributed by atoms with Crippen molar-refractivity contribution in [2.75, 3.05) is 24.3 Å². The van der Waals surface area contributed by atoms with Gasteiger partial charge in [0, 0.05) is 6.54 Å². The molecule has 0 fully saturated rings. The number of rotatable bonds is 7. The standard InChI is InChI=1S/C19H23N5O2/c1-26-18(25)15-9-5-6-10-16(15)22-17-13-21-24-19(23-17)20-12-11-14-7-3-2-4-8-14/h5-7,9-10,13H,2-4,8,11-12H2,1H3,(H2,20,22,23,24). The Morgan fingerprint density at radius 3 is 2.96 bits per heavy atom. The van der Waals surface area contributed by atoms with Crippen LogP contribution in [0.5, 0.6) is 0 Å². The first-order valence-electron chi connectivity index (χ1n) is 8.82. The molecule has 0 amide bonds. The highest BCUT2D eigenvalue weighted by Crippen LogP contribution is 2.21. The molecule has 0 aliphatic heterocycles. The average molecular weight is 353 g/mol. The second-order valence-electron chi connectivity index (χ2n) is 6.11. The lowest BCUT2D eigenvalue weighted by molar-refractivity contribution is 0.0602. The first kappa shape index (κ1) is 17.8. The van der Waals surface area contributed by atoms with Crippen molar-refractivity contribution in [2.45, 2.75) is 32.1 Å². The van der Waals surface area contributed by atoms with Gasteiger partial charge < -0.3 is 15.4 Å². The zero-order chi connectivity index (χ0) is 18.2. The predicted molar refractivity (Wildman–Crippen MR) is 101 cm³/mol. The van der Waals surface area contributed by atoms with Crippen molar-refractivity contribution in [3.63, 3.8) is 0 Å². The van der Waals surface area contributed by atoms with Crippen molar-refractivity contribution in [3.05, 3.63) is 47.7 Å². The Kier molecular flexibility index (Phi) is 6.14. The van der Waals surface area contributed by atoms with Crippen LogP contribution in [0.2, 0.25) is 0 Å². The van der Waals surface area contributed by atoms with Gasteiger partial charge in [-0.05, 0) is 44.2 Å². The van der Waals surface area contributed by atoms with Gasteiger partial charge >= 0.3 is 5.97 Å². The van der Waals surface area contributed by atoms with Crippen LogP contribution < -0.4 is 10.6 Å². The van der Waals surface area contributed by atoms with E-state index in [-0.39, 0.29) is 0 Å². The third kappa shape index (κ3) is 4.78. The molecule has 0 saturated heterocycles. The van der Waals surface area contributed by atoms with Gasteiger partial charge in [-0.2, -0.15) is 10.1 Å². The van der Waals surface area contributed by atoms with Crippen molar-refractivity contribution in [3.8, 4) is 0 Å². The second kappa shape index (κ2) is 8.94. The molecule has 0 unspecified atom stereocenters. The van der Waals surface area contributed by atoms with Crippen LogP contribution in [-0.2, 0) is 4.74 Å². The Balaban J connectivity index is 1.62. The first-order valence-corrected chi connectivity index (χ1v) is 8.82. The van der Waals surface area contributed by atoms with Crippen LogP contribution in [0.1, 0.15) is 42.5 Å². The Labute approximate surface area is 152 Å². The van der Waals surface area contributed by atoms with Crippen LogP contribution >= 0.6 is 0 Å². The van der Waals surface area contributed by atoms with Crippen molar-refractivity contribution in [1.29, 1.82) is 0 Å². The van der Waals surface area contributed by atoms with Crippen molar-refractivity contribution in [2.24, 2.45) is 0 Å². The number of hydrogen-bond donors (Lipinski definition) is 2. The minimum atomic E-state index is -0.408. The van der Waals surface area contributed by atoms with E-state index in [1.54, 1.807) is 18.2 Å². The molecule has 136 valence electrons. The number of benzene rings is 1. The van der Waals surface area contributed by atoms with Crippen LogP contribution in [-0.4, -0.2) is 34.8 Å². The third-order valence-electron chi connectivity index (χ3n) is 4.27. The van der Waals surface area contributed by atoms with E-state index in [1.165, 1.54) is 44.6 Å². The van der Waals surface area contributed by atoms with Gasteiger partial charge in [0.15, 0.2) is 5.82 Å². The summed E-state index contributed by atoms with van der Waals surface area (Å²) in [6.07, 6.45) is 9.80. The fourth-order valence-electron chi connectivity index (χ4n) is 2.92. The number of para-hydroxylation sites is 1. The van der Waals surface area contributed by atoms with Gasteiger partial charge in [0.25, 0.3) is 0 Å². The van der Waals surface area contributed by atoms with Gasteiger partial charge in [0.1, 0.15) is 0 Å². The van der Waals surface area contributed by atoms with Gasteiger partial charge in [-0.3, -0.25) is 0 Å². The molecule has 7 heteroatoms. The fourth-order valence-corrected chi connectivity index (χ4v) is 2.92. The molecule has 1 aliphatic carbocycles. The summed E-state index contributed by atoms with van der Waals surface area (Å²) < 4.78 is 4.80. The van der Waals surface area contributed by atoms with Crippen LogP contribution in [0, 0.1) is 0 Å². The van der Waals surface area contributed by atoms with E-state index >= 15 is 0 Å². The van der Waals surface area contributed by atoms with Gasteiger partial charge in [0.05, 0.1) is 24.6 Å². The predicted octanol–water partition coefficient (Wildman–Crippen LogP) is 3.70. The Hall–Kier alpha value is -2.96. The number of hydrogen-bond acceptors (Lipinski definition) is 7. The summed E-state index contributed by atoms with van der Waals surface area (Å²) in [6, 6.07) is 7.10. The molecule has 1 heterocycles. The van der Waals surface area contributed by atoms with Crippen LogP contribution in [0.3, 0.4) is 0 Å². The van der Waals surface area contributed by atoms with E-state index in [9.17, 15) is 4.79 Å². The molecule has 1 aliphatic rings. The van der Waals surface area contributed by atoms with Crippen LogP contribution in [0.4, 0.5) is 17.5 Å². The highest BCUT2D eigenvalue weighted by Gasteiger charge is 2.12. The van der Waals surface area contributed by atoms with Gasteiger partial charge in [-0.25, -0.2) is 4.79 Å². The maximum absolute atomic E-state index is 11.9. The smallest absolute Gasteiger partial charge is 0.339 e. The zero-order valence-electron chi connectivity index (χ0n) is 14.9. The number of allylic oxidation sites excluding steroid dienone is 1. The largest absolute Gasteiger partial charge is 0.465 e. The number of carbonyl (C=O) groups excluding carboxylic acids is 1. The monoisotopic (exact) mass is 353 g/mol. The van der Waals surface area contributed by atoms with E-state index in [2.05, 4.69) is 31.9 Å². The highest BCUT2D eigenvalue weighted by molar-refractivity contribution is 5.96. The van der Waals surface area contributed by atoms with Gasteiger partial charge in [0.2, 0.25) is 5.95 Å². The summed E-state index contributed by atoms with van der Waals surface area (Å²) in [4.78, 5) is 16.3. The van der Waals surface area contributed by atoms with Crippen LogP contribution in [0.25, 0.3) is 0 Å². The SMILES string of the molecule is COC(=O)c1ccccc1Nc1cnnc(NCCC2=CCCCC2)n1. The Morgan fingerprint density at radius 1 is 1.27 bits per heavy atom. The first-order chi connectivity index (χ1) is 12.8. The Bertz CT molecular complexity index is 791. The van der Waals surface area contributed by atoms with E-state index < -0.39 is 5.97 Å². The maximum atomic E-state index is 11.9. The Morgan fingerprint density at radius 2 is 2.15 bits per heavy atom. The van der Waals surface area contributed by atoms with Crippen molar-refractivity contribution in [1.82, 2.24) is 15.2 Å². The molecular weight excluding hydrogens is 330 g/mol. The molecule has 7 nitrogen and oxygen atoms in total. The van der Waals surface area contributed by atoms with Gasteiger partial charge in [-0.1, -0.05) is 23.8 Å². The average Bonchev–Trinajstić information content (AvgIpc) is 2.69. The molecule has 0 atom stereocenters. The molecule has 3 rings (SSSR count). The summed E-state index contributed by atoms with van der Waals surface area (Å²) in [5, 5.41) is 14.3. The van der Waals surface area contributed by atoms with Crippen molar-refractivity contribution >= 4 is 23.4 Å². The van der Waals surface area contributed by atoms with E-state index in [0.29, 0.717) is 23.0 Å². The highest BCUT2D eigenvalue weighted by atomic mass is 16.5. The molecule has 1 aromatic carbocycles. The van der Waals surface area contributed by atoms with Crippen molar-refractivity contribution < 1.29 is 9.53 Å². The van der Waals surface area contributed by atoms with Gasteiger partial charge in [-0.15, -0.1) is 5.10 Å². The molecule has 0 saturated carbocycles. The minimum absolute atomic E-state index is 0.408. The molecule has 1 aromatic heterocycles. The fraction of sp³-hybridized carbons (Fsp3) is 0.368. The van der Waals surface area contributed by atoms with E-state index in [0.717, 1.165) is 13.0 Å². The number of nitrogens with zero attached hydrogens (tertiary/aromatic N) is 3. The third-order valence-corrected chi connectivity index (χ3v) is 4.27. The molecule has 26 heavy (non-hydrogen) atoms. The zero-order valence-corrected chi connectivity index (χ0v) is 14.9. The summed E-state index contributed by atoms with van der Waals surface area (Å²) in [6.45, 7) is 0.774. The number of nitrogens with one attached hydrogen (secondary N) is 2. The quantitative estimate of drug-likeness (QED) is 0.579. The van der Waals surface area contributed by atoms with E-state index in [4.69, 9.17) is 4.74 Å². The summed E-state index contributed by atoms with van der Waals surface area (Å²) in [5.41, 5.74) is 2.54.